The zero-order chi connectivity index (χ0) is 19.1. The Hall–Kier alpha value is -2.49. The monoisotopic (exact) mass is 384 g/mol. The van der Waals surface area contributed by atoms with E-state index in [1.54, 1.807) is 6.07 Å². The minimum absolute atomic E-state index is 0.0102. The van der Waals surface area contributed by atoms with Crippen LogP contribution < -0.4 is 10.2 Å². The van der Waals surface area contributed by atoms with Gasteiger partial charge in [-0.25, -0.2) is 0 Å². The molecule has 1 saturated heterocycles. The first-order chi connectivity index (χ1) is 12.1. The smallest absolute Gasteiger partial charge is 0.312 e. The second-order valence-electron chi connectivity index (χ2n) is 6.07. The van der Waals surface area contributed by atoms with Crippen molar-refractivity contribution in [3.63, 3.8) is 0 Å². The number of nitrogens with zero attached hydrogens (tertiary/aromatic N) is 3. The molecular weight excluding hydrogens is 369 g/mol. The van der Waals surface area contributed by atoms with Crippen molar-refractivity contribution in [1.29, 1.82) is 0 Å². The van der Waals surface area contributed by atoms with Crippen molar-refractivity contribution >= 4 is 34.0 Å². The van der Waals surface area contributed by atoms with E-state index in [-0.39, 0.29) is 35.3 Å². The number of carbonyl (C=O) groups is 2. The quantitative estimate of drug-likeness (QED) is 0.882. The lowest BCUT2D eigenvalue weighted by Gasteiger charge is -2.17. The van der Waals surface area contributed by atoms with Crippen LogP contribution >= 0.6 is 11.3 Å². The highest BCUT2D eigenvalue weighted by molar-refractivity contribution is 7.15. The van der Waals surface area contributed by atoms with Gasteiger partial charge in [0.25, 0.3) is 0 Å². The first-order valence-electron chi connectivity index (χ1n) is 7.74. The topological polar surface area (TPSA) is 75.2 Å². The maximum absolute atomic E-state index is 12.5. The molecule has 26 heavy (non-hydrogen) atoms. The lowest BCUT2D eigenvalue weighted by atomic mass is 10.1. The van der Waals surface area contributed by atoms with Gasteiger partial charge < -0.3 is 10.2 Å². The van der Waals surface area contributed by atoms with E-state index in [0.29, 0.717) is 5.69 Å². The summed E-state index contributed by atoms with van der Waals surface area (Å²) in [5, 5.41) is 7.29. The van der Waals surface area contributed by atoms with Crippen molar-refractivity contribution < 1.29 is 22.8 Å². The normalized spacial score (nSPS) is 17.7. The number of alkyl halides is 3. The molecule has 1 atom stereocenters. The highest BCUT2D eigenvalue weighted by atomic mass is 32.1. The van der Waals surface area contributed by atoms with Gasteiger partial charge in [0.15, 0.2) is 0 Å². The summed E-state index contributed by atoms with van der Waals surface area (Å²) in [6.07, 6.45) is -4.62. The molecule has 0 spiro atoms. The Kier molecular flexibility index (Phi) is 4.70. The number of anilines is 2. The molecule has 138 valence electrons. The van der Waals surface area contributed by atoms with E-state index in [9.17, 15) is 22.8 Å². The third-order valence-electron chi connectivity index (χ3n) is 4.20. The van der Waals surface area contributed by atoms with Crippen LogP contribution in [0.2, 0.25) is 0 Å². The standard InChI is InChI=1S/C16H15F3N4O2S/c1-8-3-4-11(5-9(8)2)23-7-10(6-12(23)24)13(25)20-15-22-21-14(26-15)16(17,18)19/h3-5,10H,6-7H2,1-2H3,(H,20,22,25). The molecular formula is C16H15F3N4O2S. The van der Waals surface area contributed by atoms with Crippen LogP contribution in [0.3, 0.4) is 0 Å². The lowest BCUT2D eigenvalue weighted by molar-refractivity contribution is -0.138. The number of nitrogens with one attached hydrogen (secondary N) is 1. The van der Waals surface area contributed by atoms with Crippen LogP contribution in [0.15, 0.2) is 18.2 Å². The van der Waals surface area contributed by atoms with Gasteiger partial charge in [0.05, 0.1) is 5.92 Å². The van der Waals surface area contributed by atoms with Crippen LogP contribution in [0.5, 0.6) is 0 Å². The number of hydrogen-bond acceptors (Lipinski definition) is 5. The molecule has 0 radical (unpaired) electrons. The van der Waals surface area contributed by atoms with Crippen LogP contribution in [0.1, 0.15) is 22.6 Å². The number of hydrogen-bond donors (Lipinski definition) is 1. The molecule has 1 unspecified atom stereocenters. The van der Waals surface area contributed by atoms with Crippen LogP contribution in [0, 0.1) is 19.8 Å². The van der Waals surface area contributed by atoms with Gasteiger partial charge in [-0.05, 0) is 37.1 Å². The first-order valence-corrected chi connectivity index (χ1v) is 8.56. The number of carbonyl (C=O) groups excluding carboxylic acids is 2. The number of aryl methyl sites for hydroxylation is 2. The second kappa shape index (κ2) is 6.67. The number of halogens is 3. The molecule has 2 aromatic rings. The maximum atomic E-state index is 12.5. The van der Waals surface area contributed by atoms with E-state index in [1.807, 2.05) is 26.0 Å². The summed E-state index contributed by atoms with van der Waals surface area (Å²) in [5.74, 6) is -1.42. The largest absolute Gasteiger partial charge is 0.445 e. The fraction of sp³-hybridized carbons (Fsp3) is 0.375. The summed E-state index contributed by atoms with van der Waals surface area (Å²) in [6, 6.07) is 5.57. The highest BCUT2D eigenvalue weighted by Gasteiger charge is 2.38. The Balaban J connectivity index is 1.69. The number of amides is 2. The molecule has 10 heteroatoms. The Morgan fingerprint density at radius 1 is 1.27 bits per heavy atom. The molecule has 3 rings (SSSR count). The molecule has 1 N–H and O–H groups in total. The number of aromatic nitrogens is 2. The van der Waals surface area contributed by atoms with E-state index >= 15 is 0 Å². The zero-order valence-corrected chi connectivity index (χ0v) is 14.7. The van der Waals surface area contributed by atoms with E-state index in [4.69, 9.17) is 0 Å². The SMILES string of the molecule is Cc1ccc(N2CC(C(=O)Nc3nnc(C(F)(F)F)s3)CC2=O)cc1C. The van der Waals surface area contributed by atoms with Gasteiger partial charge in [-0.3, -0.25) is 9.59 Å². The van der Waals surface area contributed by atoms with Gasteiger partial charge in [-0.2, -0.15) is 13.2 Å². The van der Waals surface area contributed by atoms with Crippen molar-refractivity contribution in [2.45, 2.75) is 26.4 Å². The van der Waals surface area contributed by atoms with Gasteiger partial charge in [0.2, 0.25) is 22.0 Å². The summed E-state index contributed by atoms with van der Waals surface area (Å²) < 4.78 is 37.6. The first kappa shape index (κ1) is 18.3. The molecule has 0 aliphatic carbocycles. The Labute approximate surface area is 151 Å². The Morgan fingerprint density at radius 3 is 2.62 bits per heavy atom. The van der Waals surface area contributed by atoms with E-state index in [0.717, 1.165) is 11.1 Å². The van der Waals surface area contributed by atoms with Crippen molar-refractivity contribution in [2.75, 3.05) is 16.8 Å². The molecule has 1 aromatic carbocycles. The summed E-state index contributed by atoms with van der Waals surface area (Å²) in [6.45, 7) is 4.05. The predicted octanol–water partition coefficient (Wildman–Crippen LogP) is 3.17. The zero-order valence-electron chi connectivity index (χ0n) is 13.9. The molecule has 0 saturated carbocycles. The minimum atomic E-state index is -4.61. The summed E-state index contributed by atoms with van der Waals surface area (Å²) in [4.78, 5) is 26.0. The van der Waals surface area contributed by atoms with Crippen molar-refractivity contribution in [3.05, 3.63) is 34.3 Å². The van der Waals surface area contributed by atoms with Gasteiger partial charge in [-0.1, -0.05) is 17.4 Å². The second-order valence-corrected chi connectivity index (χ2v) is 7.05. The lowest BCUT2D eigenvalue weighted by Crippen LogP contribution is -2.28. The fourth-order valence-corrected chi connectivity index (χ4v) is 3.24. The molecule has 1 fully saturated rings. The van der Waals surface area contributed by atoms with Crippen LogP contribution in [0.4, 0.5) is 24.0 Å². The van der Waals surface area contributed by atoms with Crippen molar-refractivity contribution in [2.24, 2.45) is 5.92 Å². The van der Waals surface area contributed by atoms with Crippen LogP contribution in [-0.4, -0.2) is 28.6 Å². The minimum Gasteiger partial charge on any atom is -0.312 e. The number of rotatable bonds is 3. The molecule has 2 amide bonds. The van der Waals surface area contributed by atoms with E-state index in [2.05, 4.69) is 15.5 Å². The van der Waals surface area contributed by atoms with Gasteiger partial charge in [0, 0.05) is 18.7 Å². The molecule has 2 heterocycles. The summed E-state index contributed by atoms with van der Waals surface area (Å²) >= 11 is 0.251. The van der Waals surface area contributed by atoms with Crippen molar-refractivity contribution in [1.82, 2.24) is 10.2 Å². The number of benzene rings is 1. The Morgan fingerprint density at radius 2 is 2.00 bits per heavy atom. The molecule has 1 aromatic heterocycles. The third kappa shape index (κ3) is 3.69. The fourth-order valence-electron chi connectivity index (χ4n) is 2.62. The van der Waals surface area contributed by atoms with Crippen LogP contribution in [0.25, 0.3) is 0 Å². The van der Waals surface area contributed by atoms with Gasteiger partial charge in [0.1, 0.15) is 0 Å². The molecule has 6 nitrogen and oxygen atoms in total. The average molecular weight is 384 g/mol. The molecule has 1 aliphatic heterocycles. The summed E-state index contributed by atoms with van der Waals surface area (Å²) in [7, 11) is 0. The highest BCUT2D eigenvalue weighted by Crippen LogP contribution is 2.33. The average Bonchev–Trinajstić information content (AvgIpc) is 3.16. The van der Waals surface area contributed by atoms with Gasteiger partial charge >= 0.3 is 6.18 Å². The predicted molar refractivity (Wildman–Crippen MR) is 89.9 cm³/mol. The van der Waals surface area contributed by atoms with Crippen LogP contribution in [-0.2, 0) is 15.8 Å². The third-order valence-corrected chi connectivity index (χ3v) is 5.08. The van der Waals surface area contributed by atoms with Crippen molar-refractivity contribution in [3.8, 4) is 0 Å². The maximum Gasteiger partial charge on any atom is 0.445 e. The molecule has 1 aliphatic rings. The van der Waals surface area contributed by atoms with Gasteiger partial charge in [-0.15, -0.1) is 10.2 Å². The van der Waals surface area contributed by atoms with E-state index in [1.165, 1.54) is 4.90 Å². The Bertz CT molecular complexity index is 865. The molecule has 0 bridgehead atoms. The summed E-state index contributed by atoms with van der Waals surface area (Å²) in [5.41, 5.74) is 2.81. The van der Waals surface area contributed by atoms with E-state index < -0.39 is 23.0 Å².